The molecule has 0 fully saturated rings. The minimum Gasteiger partial charge on any atom is -0.497 e. The molecule has 18 heavy (non-hydrogen) atoms. The second-order valence-electron chi connectivity index (χ2n) is 3.42. The summed E-state index contributed by atoms with van der Waals surface area (Å²) in [6.07, 6.45) is -5.51. The molecule has 0 aliphatic carbocycles. The highest BCUT2D eigenvalue weighted by Gasteiger charge is 2.41. The maximum Gasteiger partial charge on any atom is 0.401 e. The number of hydrogen-bond donors (Lipinski definition) is 1. The summed E-state index contributed by atoms with van der Waals surface area (Å²) in [6.45, 7) is 0. The molecule has 0 aliphatic rings. The van der Waals surface area contributed by atoms with Gasteiger partial charge in [-0.2, -0.15) is 13.2 Å². The molecule has 100 valence electrons. The number of hydrogen-bond acceptors (Lipinski definition) is 3. The van der Waals surface area contributed by atoms with Crippen LogP contribution in [0.3, 0.4) is 0 Å². The average Bonchev–Trinajstić information content (AvgIpc) is 2.27. The molecule has 1 aromatic rings. The number of carboxylic acids is 1. The first-order valence-electron chi connectivity index (χ1n) is 4.92. The molecule has 0 aliphatic heterocycles. The molecule has 7 heteroatoms. The summed E-state index contributed by atoms with van der Waals surface area (Å²) in [7, 11) is 1.45. The lowest BCUT2D eigenvalue weighted by Gasteiger charge is -2.18. The Kier molecular flexibility index (Phi) is 4.89. The number of aliphatic carboxylic acids is 1. The van der Waals surface area contributed by atoms with Gasteiger partial charge in [0.05, 0.1) is 13.5 Å². The highest BCUT2D eigenvalue weighted by Crippen LogP contribution is 2.37. The zero-order chi connectivity index (χ0) is 13.8. The molecule has 3 nitrogen and oxygen atoms in total. The number of carbonyl (C=O) groups is 1. The monoisotopic (exact) mass is 280 g/mol. The number of methoxy groups -OCH3 is 1. The van der Waals surface area contributed by atoms with Crippen LogP contribution in [0.2, 0.25) is 0 Å². The largest absolute Gasteiger partial charge is 0.497 e. The topological polar surface area (TPSA) is 46.5 Å². The lowest BCUT2D eigenvalue weighted by atomic mass is 10.3. The summed E-state index contributed by atoms with van der Waals surface area (Å²) in [5.74, 6) is -0.945. The third-order valence-electron chi connectivity index (χ3n) is 2.06. The van der Waals surface area contributed by atoms with Crippen LogP contribution in [0.1, 0.15) is 6.42 Å². The SMILES string of the molecule is COc1ccc(S[C@H](CC(=O)O)C(F)(F)F)cc1. The van der Waals surface area contributed by atoms with Gasteiger partial charge in [0.1, 0.15) is 11.0 Å². The lowest BCUT2D eigenvalue weighted by molar-refractivity contribution is -0.149. The highest BCUT2D eigenvalue weighted by atomic mass is 32.2. The number of halogens is 3. The summed E-state index contributed by atoms with van der Waals surface area (Å²) < 4.78 is 42.7. The van der Waals surface area contributed by atoms with E-state index in [2.05, 4.69) is 0 Å². The Morgan fingerprint density at radius 3 is 2.33 bits per heavy atom. The maximum atomic E-state index is 12.6. The highest BCUT2D eigenvalue weighted by molar-refractivity contribution is 8.00. The summed E-state index contributed by atoms with van der Waals surface area (Å²) in [6, 6.07) is 5.97. The van der Waals surface area contributed by atoms with E-state index >= 15 is 0 Å². The van der Waals surface area contributed by atoms with E-state index in [0.717, 1.165) is 0 Å². The summed E-state index contributed by atoms with van der Waals surface area (Å²) in [4.78, 5) is 10.8. The van der Waals surface area contributed by atoms with Crippen LogP contribution in [0.4, 0.5) is 13.2 Å². The van der Waals surface area contributed by atoms with E-state index in [1.807, 2.05) is 0 Å². The van der Waals surface area contributed by atoms with Gasteiger partial charge in [-0.05, 0) is 24.3 Å². The van der Waals surface area contributed by atoms with Gasteiger partial charge in [-0.25, -0.2) is 0 Å². The van der Waals surface area contributed by atoms with Crippen molar-refractivity contribution in [3.8, 4) is 5.75 Å². The van der Waals surface area contributed by atoms with Crippen molar-refractivity contribution in [1.29, 1.82) is 0 Å². The van der Waals surface area contributed by atoms with Crippen molar-refractivity contribution in [2.24, 2.45) is 0 Å². The Hall–Kier alpha value is -1.37. The van der Waals surface area contributed by atoms with Crippen LogP contribution in [-0.4, -0.2) is 29.6 Å². The zero-order valence-corrected chi connectivity index (χ0v) is 10.2. The minimum atomic E-state index is -4.55. The second-order valence-corrected chi connectivity index (χ2v) is 4.70. The van der Waals surface area contributed by atoms with Gasteiger partial charge in [0.15, 0.2) is 0 Å². The van der Waals surface area contributed by atoms with Crippen molar-refractivity contribution in [2.45, 2.75) is 22.7 Å². The van der Waals surface area contributed by atoms with Crippen molar-refractivity contribution in [3.63, 3.8) is 0 Å². The van der Waals surface area contributed by atoms with Crippen molar-refractivity contribution >= 4 is 17.7 Å². The van der Waals surface area contributed by atoms with Gasteiger partial charge in [0.25, 0.3) is 0 Å². The van der Waals surface area contributed by atoms with Crippen LogP contribution in [0, 0.1) is 0 Å². The fraction of sp³-hybridized carbons (Fsp3) is 0.364. The van der Waals surface area contributed by atoms with E-state index in [1.54, 1.807) is 0 Å². The molecule has 1 N–H and O–H groups in total. The molecule has 1 aromatic carbocycles. The molecule has 0 spiro atoms. The van der Waals surface area contributed by atoms with Crippen LogP contribution in [0.25, 0.3) is 0 Å². The minimum absolute atomic E-state index is 0.347. The number of ether oxygens (including phenoxy) is 1. The fourth-order valence-corrected chi connectivity index (χ4v) is 2.18. The van der Waals surface area contributed by atoms with Gasteiger partial charge in [-0.15, -0.1) is 11.8 Å². The van der Waals surface area contributed by atoms with Gasteiger partial charge in [-0.3, -0.25) is 4.79 Å². The standard InChI is InChI=1S/C11H11F3O3S/c1-17-7-2-4-8(5-3-7)18-9(6-10(15)16)11(12,13)14/h2-5,9H,6H2,1H3,(H,15,16)/t9-/m1/s1. The molecule has 0 heterocycles. The molecular weight excluding hydrogens is 269 g/mol. The van der Waals surface area contributed by atoms with E-state index < -0.39 is 23.8 Å². The predicted molar refractivity (Wildman–Crippen MR) is 60.9 cm³/mol. The zero-order valence-electron chi connectivity index (χ0n) is 9.40. The summed E-state index contributed by atoms with van der Waals surface area (Å²) in [5.41, 5.74) is 0. The van der Waals surface area contributed by atoms with Crippen LogP contribution < -0.4 is 4.74 Å². The van der Waals surface area contributed by atoms with Crippen molar-refractivity contribution in [1.82, 2.24) is 0 Å². The third-order valence-corrected chi connectivity index (χ3v) is 3.33. The van der Waals surface area contributed by atoms with E-state index in [1.165, 1.54) is 31.4 Å². The molecule has 0 saturated carbocycles. The smallest absolute Gasteiger partial charge is 0.401 e. The number of alkyl halides is 3. The second kappa shape index (κ2) is 5.99. The van der Waals surface area contributed by atoms with Gasteiger partial charge in [0, 0.05) is 4.90 Å². The van der Waals surface area contributed by atoms with E-state index in [-0.39, 0.29) is 0 Å². The first-order valence-corrected chi connectivity index (χ1v) is 5.80. The van der Waals surface area contributed by atoms with E-state index in [0.29, 0.717) is 22.4 Å². The van der Waals surface area contributed by atoms with Gasteiger partial charge < -0.3 is 9.84 Å². The molecule has 1 rings (SSSR count). The predicted octanol–water partition coefficient (Wildman–Crippen LogP) is 3.19. The van der Waals surface area contributed by atoms with Crippen LogP contribution in [-0.2, 0) is 4.79 Å². The molecule has 0 bridgehead atoms. The molecule has 0 aromatic heterocycles. The number of benzene rings is 1. The number of carboxylic acid groups (broad SMARTS) is 1. The van der Waals surface area contributed by atoms with Crippen LogP contribution in [0.5, 0.6) is 5.75 Å². The van der Waals surface area contributed by atoms with Gasteiger partial charge in [0.2, 0.25) is 0 Å². The summed E-state index contributed by atoms with van der Waals surface area (Å²) in [5, 5.41) is 6.52. The first-order chi connectivity index (χ1) is 8.32. The summed E-state index contributed by atoms with van der Waals surface area (Å²) >= 11 is 0.482. The van der Waals surface area contributed by atoms with Crippen LogP contribution in [0.15, 0.2) is 29.2 Å². The van der Waals surface area contributed by atoms with Crippen molar-refractivity contribution in [3.05, 3.63) is 24.3 Å². The average molecular weight is 280 g/mol. The number of rotatable bonds is 5. The third kappa shape index (κ3) is 4.48. The van der Waals surface area contributed by atoms with E-state index in [4.69, 9.17) is 9.84 Å². The Bertz CT molecular complexity index is 403. The quantitative estimate of drug-likeness (QED) is 0.841. The molecule has 1 atom stereocenters. The maximum absolute atomic E-state index is 12.6. The van der Waals surface area contributed by atoms with Crippen molar-refractivity contribution in [2.75, 3.05) is 7.11 Å². The number of thioether (sulfide) groups is 1. The molecule has 0 radical (unpaired) electrons. The van der Waals surface area contributed by atoms with Crippen molar-refractivity contribution < 1.29 is 27.8 Å². The van der Waals surface area contributed by atoms with Gasteiger partial charge in [-0.1, -0.05) is 0 Å². The fourth-order valence-electron chi connectivity index (χ4n) is 1.20. The Labute approximate surface area is 106 Å². The lowest BCUT2D eigenvalue weighted by Crippen LogP contribution is -2.28. The normalized spacial score (nSPS) is 13.1. The molecule has 0 amide bonds. The Balaban J connectivity index is 2.79. The van der Waals surface area contributed by atoms with E-state index in [9.17, 15) is 18.0 Å². The van der Waals surface area contributed by atoms with Gasteiger partial charge >= 0.3 is 12.1 Å². The molecule has 0 unspecified atom stereocenters. The first kappa shape index (κ1) is 14.7. The van der Waals surface area contributed by atoms with Crippen LogP contribution >= 0.6 is 11.8 Å². The Morgan fingerprint density at radius 2 is 1.94 bits per heavy atom. The molecular formula is C11H11F3O3S. The molecule has 0 saturated heterocycles. The Morgan fingerprint density at radius 1 is 1.39 bits per heavy atom.